The molecule has 1 unspecified atom stereocenters. The summed E-state index contributed by atoms with van der Waals surface area (Å²) in [5.74, 6) is -0.680. The van der Waals surface area contributed by atoms with E-state index in [2.05, 4.69) is 10.6 Å². The van der Waals surface area contributed by atoms with Gasteiger partial charge in [0.25, 0.3) is 17.9 Å². The van der Waals surface area contributed by atoms with E-state index < -0.39 is 35.4 Å². The monoisotopic (exact) mass is 586 g/mol. The average Bonchev–Trinajstić information content (AvgIpc) is 3.32. The number of rotatable bonds is 7. The van der Waals surface area contributed by atoms with E-state index in [0.29, 0.717) is 24.7 Å². The highest BCUT2D eigenvalue weighted by atomic mass is 19.3. The molecule has 42 heavy (non-hydrogen) atoms. The number of carbonyl (C=O) groups excluding carboxylic acids is 2. The van der Waals surface area contributed by atoms with Crippen LogP contribution in [-0.2, 0) is 10.3 Å². The molecule has 4 aliphatic carbocycles. The van der Waals surface area contributed by atoms with Crippen molar-refractivity contribution in [1.82, 2.24) is 14.8 Å². The third-order valence-electron chi connectivity index (χ3n) is 9.44. The van der Waals surface area contributed by atoms with Crippen LogP contribution in [0.1, 0.15) is 87.3 Å². The normalized spacial score (nSPS) is 28.2. The predicted molar refractivity (Wildman–Crippen MR) is 150 cm³/mol. The maximum absolute atomic E-state index is 14.8. The number of carbonyl (C=O) groups is 2. The Morgan fingerprint density at radius 3 is 2.38 bits per heavy atom. The fourth-order valence-corrected chi connectivity index (χ4v) is 7.24. The van der Waals surface area contributed by atoms with Gasteiger partial charge in [-0.05, 0) is 59.3 Å². The smallest absolute Gasteiger partial charge is 0.410 e. The molecule has 2 N–H and O–H groups in total. The molecule has 2 aromatic rings. The summed E-state index contributed by atoms with van der Waals surface area (Å²) in [6, 6.07) is 4.27. The summed E-state index contributed by atoms with van der Waals surface area (Å²) in [7, 11) is 0. The van der Waals surface area contributed by atoms with Crippen LogP contribution in [-0.4, -0.2) is 46.2 Å². The number of anilines is 1. The van der Waals surface area contributed by atoms with E-state index in [4.69, 9.17) is 4.74 Å². The van der Waals surface area contributed by atoms with Gasteiger partial charge in [0, 0.05) is 54.3 Å². The van der Waals surface area contributed by atoms with Crippen molar-refractivity contribution in [2.24, 2.45) is 17.8 Å². The standard InChI is InChI=1S/C31H37F3N4O4/c1-16(18-6-5-7-19(25(18)32)27(33)34)35-28(40)22-15-38(31-9-8-17(11-31)12-31)24(39)10-23(22)36-26-20-13-37(14-21(20)26)29(41)42-30(2,3)4/h5-7,10,15-17,20-21,26-27,36H,8-9,11-14H2,1-4H3,(H,35,40)/t16-,17?,20-,21+,26?,31?/m1/s1. The third-order valence-corrected chi connectivity index (χ3v) is 9.44. The van der Waals surface area contributed by atoms with E-state index >= 15 is 0 Å². The number of hydrogen-bond donors (Lipinski definition) is 2. The lowest BCUT2D eigenvalue weighted by Gasteiger charge is -2.40. The molecule has 7 rings (SSSR count). The van der Waals surface area contributed by atoms with Crippen molar-refractivity contribution < 1.29 is 27.5 Å². The molecule has 1 aromatic heterocycles. The number of alkyl halides is 2. The maximum Gasteiger partial charge on any atom is 0.410 e. The van der Waals surface area contributed by atoms with E-state index in [1.54, 1.807) is 15.7 Å². The van der Waals surface area contributed by atoms with Gasteiger partial charge in [0.15, 0.2) is 0 Å². The Kier molecular flexibility index (Phi) is 6.85. The molecule has 5 fully saturated rings. The molecule has 2 heterocycles. The zero-order valence-corrected chi connectivity index (χ0v) is 24.3. The minimum Gasteiger partial charge on any atom is -0.444 e. The largest absolute Gasteiger partial charge is 0.444 e. The van der Waals surface area contributed by atoms with Crippen molar-refractivity contribution in [3.8, 4) is 0 Å². The lowest BCUT2D eigenvalue weighted by molar-refractivity contribution is 0.0272. The minimum atomic E-state index is -2.98. The zero-order chi connectivity index (χ0) is 30.1. The Balaban J connectivity index is 1.23. The second-order valence-corrected chi connectivity index (χ2v) is 13.5. The van der Waals surface area contributed by atoms with Gasteiger partial charge in [0.2, 0.25) is 0 Å². The highest BCUT2D eigenvalue weighted by Crippen LogP contribution is 2.56. The van der Waals surface area contributed by atoms with Gasteiger partial charge in [-0.25, -0.2) is 18.0 Å². The number of nitrogens with zero attached hydrogens (tertiary/aromatic N) is 2. The first-order chi connectivity index (χ1) is 19.8. The number of fused-ring (bicyclic) bond motifs is 2. The Labute approximate surface area is 242 Å². The molecule has 0 radical (unpaired) electrons. The van der Waals surface area contributed by atoms with Crippen LogP contribution in [0, 0.1) is 23.6 Å². The summed E-state index contributed by atoms with van der Waals surface area (Å²) >= 11 is 0. The van der Waals surface area contributed by atoms with Crippen LogP contribution in [0.15, 0.2) is 35.3 Å². The van der Waals surface area contributed by atoms with Crippen LogP contribution in [0.4, 0.5) is 23.7 Å². The van der Waals surface area contributed by atoms with Crippen LogP contribution < -0.4 is 16.2 Å². The molecule has 226 valence electrons. The molecule has 2 amide bonds. The van der Waals surface area contributed by atoms with Gasteiger partial charge < -0.3 is 24.8 Å². The first-order valence-corrected chi connectivity index (χ1v) is 14.7. The van der Waals surface area contributed by atoms with E-state index in [-0.39, 0.29) is 46.2 Å². The van der Waals surface area contributed by atoms with Gasteiger partial charge in [-0.15, -0.1) is 0 Å². The van der Waals surface area contributed by atoms with Crippen molar-refractivity contribution in [2.75, 3.05) is 18.4 Å². The van der Waals surface area contributed by atoms with Crippen LogP contribution in [0.5, 0.6) is 0 Å². The van der Waals surface area contributed by atoms with Gasteiger partial charge in [-0.2, -0.15) is 0 Å². The molecule has 4 atom stereocenters. The lowest BCUT2D eigenvalue weighted by Crippen LogP contribution is -2.45. The number of ether oxygens (including phenoxy) is 1. The molecule has 8 nitrogen and oxygen atoms in total. The first-order valence-electron chi connectivity index (χ1n) is 14.7. The molecule has 1 aliphatic heterocycles. The zero-order valence-electron chi connectivity index (χ0n) is 24.3. The molecular weight excluding hydrogens is 549 g/mol. The summed E-state index contributed by atoms with van der Waals surface area (Å²) in [4.78, 5) is 41.2. The highest BCUT2D eigenvalue weighted by Gasteiger charge is 2.58. The summed E-state index contributed by atoms with van der Waals surface area (Å²) in [5, 5.41) is 6.14. The van der Waals surface area contributed by atoms with Gasteiger partial charge in [-0.1, -0.05) is 18.2 Å². The van der Waals surface area contributed by atoms with Crippen LogP contribution >= 0.6 is 0 Å². The van der Waals surface area contributed by atoms with Gasteiger partial charge in [0.05, 0.1) is 22.9 Å². The third kappa shape index (κ3) is 5.04. The molecule has 0 spiro atoms. The second kappa shape index (κ2) is 10.1. The van der Waals surface area contributed by atoms with E-state index in [0.717, 1.165) is 31.7 Å². The number of piperidine rings is 1. The van der Waals surface area contributed by atoms with Crippen molar-refractivity contribution in [3.05, 3.63) is 63.3 Å². The van der Waals surface area contributed by atoms with E-state index in [1.165, 1.54) is 25.1 Å². The molecule has 2 bridgehead atoms. The van der Waals surface area contributed by atoms with E-state index in [1.807, 2.05) is 20.8 Å². The molecular formula is C31H37F3N4O4. The number of aromatic nitrogens is 1. The summed E-state index contributed by atoms with van der Waals surface area (Å²) in [6.45, 7) is 8.02. The van der Waals surface area contributed by atoms with E-state index in [9.17, 15) is 27.6 Å². The number of benzene rings is 1. The fourth-order valence-electron chi connectivity index (χ4n) is 7.24. The summed E-state index contributed by atoms with van der Waals surface area (Å²) in [5.41, 5.74) is -1.22. The van der Waals surface area contributed by atoms with Gasteiger partial charge >= 0.3 is 6.09 Å². The topological polar surface area (TPSA) is 92.7 Å². The summed E-state index contributed by atoms with van der Waals surface area (Å²) in [6.07, 6.45) is 1.99. The molecule has 5 aliphatic rings. The number of halogens is 3. The molecule has 1 saturated heterocycles. The number of amides is 2. The number of nitrogens with one attached hydrogen (secondary N) is 2. The first kappa shape index (κ1) is 28.6. The van der Waals surface area contributed by atoms with Crippen LogP contribution in [0.2, 0.25) is 0 Å². The number of hydrogen-bond acceptors (Lipinski definition) is 5. The minimum absolute atomic E-state index is 0.0270. The quantitative estimate of drug-likeness (QED) is 0.441. The number of pyridine rings is 1. The molecule has 1 aromatic carbocycles. The molecule has 4 saturated carbocycles. The van der Waals surface area contributed by atoms with Gasteiger partial charge in [-0.3, -0.25) is 9.59 Å². The Morgan fingerprint density at radius 2 is 1.79 bits per heavy atom. The SMILES string of the molecule is C[C@@H](NC(=O)c1cn(C23CCC(C2)C3)c(=O)cc1NC1[C@H]2CN(C(=O)OC(C)(C)C)C[C@@H]12)c1cccc(C(F)F)c1F. The van der Waals surface area contributed by atoms with Crippen LogP contribution in [0.25, 0.3) is 0 Å². The van der Waals surface area contributed by atoms with Crippen molar-refractivity contribution in [2.45, 2.75) is 83.0 Å². The Morgan fingerprint density at radius 1 is 1.12 bits per heavy atom. The van der Waals surface area contributed by atoms with Gasteiger partial charge in [0.1, 0.15) is 11.4 Å². The highest BCUT2D eigenvalue weighted by molar-refractivity contribution is 5.99. The predicted octanol–water partition coefficient (Wildman–Crippen LogP) is 5.59. The Bertz CT molecular complexity index is 1460. The summed E-state index contributed by atoms with van der Waals surface area (Å²) < 4.78 is 48.6. The fraction of sp³-hybridized carbons (Fsp3) is 0.581. The molecule has 11 heteroatoms. The van der Waals surface area contributed by atoms with Crippen molar-refractivity contribution in [3.63, 3.8) is 0 Å². The van der Waals surface area contributed by atoms with Crippen LogP contribution in [0.3, 0.4) is 0 Å². The second-order valence-electron chi connectivity index (χ2n) is 13.5. The Hall–Kier alpha value is -3.50. The maximum atomic E-state index is 14.8. The number of likely N-dealkylation sites (tertiary alicyclic amines) is 1. The van der Waals surface area contributed by atoms with Crippen molar-refractivity contribution in [1.29, 1.82) is 0 Å². The lowest BCUT2D eigenvalue weighted by atomic mass is 9.76. The average molecular weight is 587 g/mol. The van der Waals surface area contributed by atoms with Crippen molar-refractivity contribution >= 4 is 17.7 Å².